The molecule has 2 N–H and O–H groups in total. The van der Waals surface area contributed by atoms with Crippen molar-refractivity contribution in [3.8, 4) is 0 Å². The summed E-state index contributed by atoms with van der Waals surface area (Å²) < 4.78 is 0. The summed E-state index contributed by atoms with van der Waals surface area (Å²) in [7, 11) is 0. The van der Waals surface area contributed by atoms with E-state index in [1.807, 2.05) is 24.3 Å². The highest BCUT2D eigenvalue weighted by Gasteiger charge is 2.30. The smallest absolute Gasteiger partial charge is 0.326 e. The standard InChI is InChI=1S/C13H15NO3S/c1-2-9(13(16)17)14-12(15)11-7-8-5-3-4-6-10(8)18-11/h3-6,9,11H,2,7H2,1H3,(H,14,15)(H,16,17)/t9-,11?/m0/s1. The van der Waals surface area contributed by atoms with Crippen molar-refractivity contribution in [2.24, 2.45) is 0 Å². The van der Waals surface area contributed by atoms with Gasteiger partial charge in [0.15, 0.2) is 0 Å². The molecular formula is C13H15NO3S. The van der Waals surface area contributed by atoms with Crippen LogP contribution in [0.15, 0.2) is 29.2 Å². The van der Waals surface area contributed by atoms with E-state index in [1.54, 1.807) is 6.92 Å². The average molecular weight is 265 g/mol. The molecule has 0 saturated heterocycles. The first-order chi connectivity index (χ1) is 8.61. The summed E-state index contributed by atoms with van der Waals surface area (Å²) >= 11 is 1.50. The van der Waals surface area contributed by atoms with Crippen LogP contribution in [0.4, 0.5) is 0 Å². The Morgan fingerprint density at radius 1 is 1.50 bits per heavy atom. The Morgan fingerprint density at radius 2 is 2.22 bits per heavy atom. The van der Waals surface area contributed by atoms with E-state index in [9.17, 15) is 9.59 Å². The summed E-state index contributed by atoms with van der Waals surface area (Å²) in [5, 5.41) is 11.3. The third kappa shape index (κ3) is 2.67. The Balaban J connectivity index is 1.99. The number of nitrogens with one attached hydrogen (secondary N) is 1. The molecule has 96 valence electrons. The van der Waals surface area contributed by atoms with Gasteiger partial charge in [0.25, 0.3) is 0 Å². The number of hydrogen-bond donors (Lipinski definition) is 2. The molecule has 0 saturated carbocycles. The predicted octanol–water partition coefficient (Wildman–Crippen LogP) is 1.68. The lowest BCUT2D eigenvalue weighted by Crippen LogP contribution is -2.44. The fraction of sp³-hybridized carbons (Fsp3) is 0.385. The highest BCUT2D eigenvalue weighted by molar-refractivity contribution is 8.01. The lowest BCUT2D eigenvalue weighted by atomic mass is 10.1. The summed E-state index contributed by atoms with van der Waals surface area (Å²) in [5.74, 6) is -1.17. The van der Waals surface area contributed by atoms with Crippen LogP contribution in [-0.2, 0) is 16.0 Å². The SMILES string of the molecule is CC[C@H](NC(=O)C1Cc2ccccc2S1)C(=O)O. The van der Waals surface area contributed by atoms with Crippen LogP contribution < -0.4 is 5.32 Å². The van der Waals surface area contributed by atoms with E-state index in [2.05, 4.69) is 5.32 Å². The first-order valence-corrected chi connectivity index (χ1v) is 6.77. The second-order valence-electron chi connectivity index (χ2n) is 4.23. The number of hydrogen-bond acceptors (Lipinski definition) is 3. The van der Waals surface area contributed by atoms with E-state index >= 15 is 0 Å². The summed E-state index contributed by atoms with van der Waals surface area (Å²) in [6.45, 7) is 1.75. The first-order valence-electron chi connectivity index (χ1n) is 5.89. The average Bonchev–Trinajstić information content (AvgIpc) is 2.79. The van der Waals surface area contributed by atoms with Gasteiger partial charge in [0.2, 0.25) is 5.91 Å². The maximum Gasteiger partial charge on any atom is 0.326 e. The zero-order valence-electron chi connectivity index (χ0n) is 10.1. The van der Waals surface area contributed by atoms with E-state index < -0.39 is 12.0 Å². The lowest BCUT2D eigenvalue weighted by Gasteiger charge is -2.15. The van der Waals surface area contributed by atoms with Crippen LogP contribution in [-0.4, -0.2) is 28.3 Å². The minimum absolute atomic E-state index is 0.189. The van der Waals surface area contributed by atoms with Crippen LogP contribution in [0, 0.1) is 0 Å². The van der Waals surface area contributed by atoms with Crippen molar-refractivity contribution in [3.05, 3.63) is 29.8 Å². The van der Waals surface area contributed by atoms with Crippen LogP contribution in [0.25, 0.3) is 0 Å². The summed E-state index contributed by atoms with van der Waals surface area (Å²) in [4.78, 5) is 24.0. The summed E-state index contributed by atoms with van der Waals surface area (Å²) in [5.41, 5.74) is 1.16. The second kappa shape index (κ2) is 5.44. The molecule has 1 unspecified atom stereocenters. The minimum Gasteiger partial charge on any atom is -0.480 e. The molecular weight excluding hydrogens is 250 g/mol. The van der Waals surface area contributed by atoms with Gasteiger partial charge in [-0.25, -0.2) is 4.79 Å². The van der Waals surface area contributed by atoms with Crippen LogP contribution >= 0.6 is 11.8 Å². The molecule has 1 aromatic carbocycles. The summed E-state index contributed by atoms with van der Waals surface area (Å²) in [6, 6.07) is 7.09. The molecule has 5 heteroatoms. The first kappa shape index (κ1) is 13.0. The van der Waals surface area contributed by atoms with Gasteiger partial charge in [-0.15, -0.1) is 11.8 Å². The lowest BCUT2D eigenvalue weighted by molar-refractivity contribution is -0.141. The molecule has 1 aromatic rings. The van der Waals surface area contributed by atoms with Gasteiger partial charge in [0.1, 0.15) is 6.04 Å². The van der Waals surface area contributed by atoms with E-state index in [0.717, 1.165) is 10.5 Å². The largest absolute Gasteiger partial charge is 0.480 e. The number of benzene rings is 1. The highest BCUT2D eigenvalue weighted by Crippen LogP contribution is 2.36. The van der Waals surface area contributed by atoms with Crippen LogP contribution in [0.3, 0.4) is 0 Å². The Morgan fingerprint density at radius 3 is 2.83 bits per heavy atom. The Labute approximate surface area is 110 Å². The molecule has 1 aliphatic heterocycles. The molecule has 0 spiro atoms. The van der Waals surface area contributed by atoms with E-state index in [4.69, 9.17) is 5.11 Å². The van der Waals surface area contributed by atoms with Crippen molar-refractivity contribution in [2.45, 2.75) is 36.0 Å². The Bertz CT molecular complexity index is 450. The van der Waals surface area contributed by atoms with Crippen molar-refractivity contribution in [1.82, 2.24) is 5.32 Å². The molecule has 4 nitrogen and oxygen atoms in total. The predicted molar refractivity (Wildman–Crippen MR) is 69.6 cm³/mol. The molecule has 1 aliphatic rings. The van der Waals surface area contributed by atoms with Gasteiger partial charge < -0.3 is 10.4 Å². The number of carbonyl (C=O) groups is 2. The number of carbonyl (C=O) groups excluding carboxylic acids is 1. The molecule has 2 rings (SSSR count). The van der Waals surface area contributed by atoms with Crippen LogP contribution in [0.1, 0.15) is 18.9 Å². The van der Waals surface area contributed by atoms with Crippen molar-refractivity contribution in [1.29, 1.82) is 0 Å². The fourth-order valence-electron chi connectivity index (χ4n) is 1.93. The van der Waals surface area contributed by atoms with E-state index in [-0.39, 0.29) is 11.2 Å². The van der Waals surface area contributed by atoms with Crippen LogP contribution in [0.2, 0.25) is 0 Å². The van der Waals surface area contributed by atoms with Crippen LogP contribution in [0.5, 0.6) is 0 Å². The molecule has 0 bridgehead atoms. The number of rotatable bonds is 4. The quantitative estimate of drug-likeness (QED) is 0.869. The molecule has 18 heavy (non-hydrogen) atoms. The number of carboxylic acids is 1. The summed E-state index contributed by atoms with van der Waals surface area (Å²) in [6.07, 6.45) is 1.06. The third-order valence-electron chi connectivity index (χ3n) is 2.96. The van der Waals surface area contributed by atoms with Gasteiger partial charge in [-0.2, -0.15) is 0 Å². The number of carboxylic acid groups (broad SMARTS) is 1. The third-order valence-corrected chi connectivity index (χ3v) is 4.28. The molecule has 1 heterocycles. The van der Waals surface area contributed by atoms with Crippen molar-refractivity contribution >= 4 is 23.6 Å². The Kier molecular flexibility index (Phi) is 3.91. The van der Waals surface area contributed by atoms with Crippen molar-refractivity contribution in [3.63, 3.8) is 0 Å². The molecule has 1 amide bonds. The van der Waals surface area contributed by atoms with E-state index in [0.29, 0.717) is 12.8 Å². The zero-order valence-corrected chi connectivity index (χ0v) is 10.9. The zero-order chi connectivity index (χ0) is 13.1. The normalized spacial score (nSPS) is 19.1. The number of aliphatic carboxylic acids is 1. The maximum absolute atomic E-state index is 12.0. The van der Waals surface area contributed by atoms with Gasteiger partial charge in [0.05, 0.1) is 5.25 Å². The second-order valence-corrected chi connectivity index (χ2v) is 5.47. The monoisotopic (exact) mass is 265 g/mol. The molecule has 0 aliphatic carbocycles. The van der Waals surface area contributed by atoms with Gasteiger partial charge in [-0.05, 0) is 24.5 Å². The topological polar surface area (TPSA) is 66.4 Å². The van der Waals surface area contributed by atoms with Gasteiger partial charge in [0, 0.05) is 4.90 Å². The minimum atomic E-state index is -0.980. The highest BCUT2D eigenvalue weighted by atomic mass is 32.2. The number of fused-ring (bicyclic) bond motifs is 1. The Hall–Kier alpha value is -1.49. The molecule has 0 aromatic heterocycles. The van der Waals surface area contributed by atoms with Crippen molar-refractivity contribution in [2.75, 3.05) is 0 Å². The number of thioether (sulfide) groups is 1. The molecule has 2 atom stereocenters. The van der Waals surface area contributed by atoms with E-state index in [1.165, 1.54) is 11.8 Å². The number of amides is 1. The molecule has 0 fully saturated rings. The van der Waals surface area contributed by atoms with Gasteiger partial charge in [-0.3, -0.25) is 4.79 Å². The fourth-order valence-corrected chi connectivity index (χ4v) is 3.14. The van der Waals surface area contributed by atoms with Gasteiger partial charge >= 0.3 is 5.97 Å². The van der Waals surface area contributed by atoms with Crippen molar-refractivity contribution < 1.29 is 14.7 Å². The maximum atomic E-state index is 12.0. The van der Waals surface area contributed by atoms with Gasteiger partial charge in [-0.1, -0.05) is 25.1 Å². The molecule has 0 radical (unpaired) electrons.